The van der Waals surface area contributed by atoms with E-state index in [-0.39, 0.29) is 6.61 Å². The van der Waals surface area contributed by atoms with E-state index in [0.717, 1.165) is 32.8 Å². The highest BCUT2D eigenvalue weighted by Gasteiger charge is 2.03. The molecule has 0 unspecified atom stereocenters. The Labute approximate surface area is 94.4 Å². The summed E-state index contributed by atoms with van der Waals surface area (Å²) in [5.41, 5.74) is 0. The summed E-state index contributed by atoms with van der Waals surface area (Å²) in [4.78, 5) is 2.27. The second-order valence-corrected chi connectivity index (χ2v) is 4.39. The molecule has 0 fully saturated rings. The molecule has 3 heteroatoms. The first-order valence-corrected chi connectivity index (χ1v) is 6.11. The molecule has 0 amide bonds. The van der Waals surface area contributed by atoms with Gasteiger partial charge in [-0.15, -0.1) is 0 Å². The quantitative estimate of drug-likeness (QED) is 0.566. The zero-order chi connectivity index (χ0) is 11.5. The highest BCUT2D eigenvalue weighted by molar-refractivity contribution is 4.56. The van der Waals surface area contributed by atoms with Crippen molar-refractivity contribution >= 4 is 0 Å². The van der Waals surface area contributed by atoms with Gasteiger partial charge in [0.2, 0.25) is 0 Å². The number of hydrogen-bond acceptors (Lipinski definition) is 3. The molecule has 1 N–H and O–H groups in total. The van der Waals surface area contributed by atoms with Crippen molar-refractivity contribution in [3.05, 3.63) is 0 Å². The Morgan fingerprint density at radius 2 is 1.93 bits per heavy atom. The first kappa shape index (κ1) is 14.9. The number of ether oxygens (including phenoxy) is 1. The van der Waals surface area contributed by atoms with Crippen molar-refractivity contribution < 1.29 is 9.84 Å². The van der Waals surface area contributed by atoms with Gasteiger partial charge in [0.15, 0.2) is 0 Å². The Hall–Kier alpha value is -0.120. The lowest BCUT2D eigenvalue weighted by Crippen LogP contribution is -2.31. The highest BCUT2D eigenvalue weighted by Crippen LogP contribution is 1.96. The maximum Gasteiger partial charge on any atom is 0.0593 e. The number of unbranched alkanes of at least 4 members (excludes halogenated alkanes) is 1. The second kappa shape index (κ2) is 10.4. The predicted molar refractivity (Wildman–Crippen MR) is 64.1 cm³/mol. The number of hydrogen-bond donors (Lipinski definition) is 1. The van der Waals surface area contributed by atoms with Gasteiger partial charge >= 0.3 is 0 Å². The number of nitrogens with zero attached hydrogens (tertiary/aromatic N) is 1. The van der Waals surface area contributed by atoms with Crippen molar-refractivity contribution in [1.82, 2.24) is 4.90 Å². The molecule has 92 valence electrons. The molecule has 0 radical (unpaired) electrons. The van der Waals surface area contributed by atoms with E-state index in [2.05, 4.69) is 25.7 Å². The molecule has 0 aliphatic heterocycles. The Kier molecular flexibility index (Phi) is 10.3. The van der Waals surface area contributed by atoms with E-state index in [9.17, 15) is 0 Å². The molecule has 0 saturated heterocycles. The van der Waals surface area contributed by atoms with Gasteiger partial charge in [0.1, 0.15) is 0 Å². The van der Waals surface area contributed by atoms with Gasteiger partial charge in [-0.05, 0) is 18.9 Å². The van der Waals surface area contributed by atoms with E-state index < -0.39 is 0 Å². The topological polar surface area (TPSA) is 32.7 Å². The third-order valence-electron chi connectivity index (χ3n) is 2.25. The Morgan fingerprint density at radius 1 is 1.20 bits per heavy atom. The van der Waals surface area contributed by atoms with Crippen LogP contribution in [0, 0.1) is 5.92 Å². The second-order valence-electron chi connectivity index (χ2n) is 4.39. The highest BCUT2D eigenvalue weighted by atomic mass is 16.5. The molecule has 15 heavy (non-hydrogen) atoms. The van der Waals surface area contributed by atoms with E-state index in [1.807, 2.05) is 0 Å². The van der Waals surface area contributed by atoms with E-state index in [1.54, 1.807) is 0 Å². The summed E-state index contributed by atoms with van der Waals surface area (Å²) in [5.74, 6) is 0.604. The molecule has 0 aromatic heterocycles. The summed E-state index contributed by atoms with van der Waals surface area (Å²) in [5, 5.41) is 8.90. The summed E-state index contributed by atoms with van der Waals surface area (Å²) in [6.45, 7) is 11.1. The molecule has 0 saturated carbocycles. The minimum atomic E-state index is 0.244. The predicted octanol–water partition coefficient (Wildman–Crippen LogP) is 1.75. The summed E-state index contributed by atoms with van der Waals surface area (Å²) in [6, 6.07) is 0. The van der Waals surface area contributed by atoms with Crippen molar-refractivity contribution in [1.29, 1.82) is 0 Å². The van der Waals surface area contributed by atoms with E-state index in [0.29, 0.717) is 5.92 Å². The van der Waals surface area contributed by atoms with Crippen molar-refractivity contribution in [3.8, 4) is 0 Å². The van der Waals surface area contributed by atoms with Crippen molar-refractivity contribution in [3.63, 3.8) is 0 Å². The lowest BCUT2D eigenvalue weighted by Gasteiger charge is -2.21. The van der Waals surface area contributed by atoms with E-state index in [1.165, 1.54) is 12.8 Å². The van der Waals surface area contributed by atoms with Crippen LogP contribution in [0.3, 0.4) is 0 Å². The molecule has 0 aliphatic rings. The van der Waals surface area contributed by atoms with Crippen LogP contribution < -0.4 is 0 Å². The van der Waals surface area contributed by atoms with Crippen LogP contribution in [0.1, 0.15) is 33.6 Å². The number of aliphatic hydroxyl groups excluding tert-OH is 1. The molecule has 3 nitrogen and oxygen atoms in total. The molecule has 0 aliphatic carbocycles. The molecular formula is C12H27NO2. The SMILES string of the molecule is CCCCN(CCO)CCOCC(C)C. The average molecular weight is 217 g/mol. The maximum atomic E-state index is 8.90. The van der Waals surface area contributed by atoms with Crippen LogP contribution in [0.5, 0.6) is 0 Å². The van der Waals surface area contributed by atoms with Crippen molar-refractivity contribution in [2.75, 3.05) is 39.5 Å². The van der Waals surface area contributed by atoms with Crippen LogP contribution in [0.2, 0.25) is 0 Å². The van der Waals surface area contributed by atoms with Crippen LogP contribution in [-0.4, -0.2) is 49.5 Å². The lowest BCUT2D eigenvalue weighted by molar-refractivity contribution is 0.0792. The molecular weight excluding hydrogens is 190 g/mol. The van der Waals surface area contributed by atoms with Crippen LogP contribution in [-0.2, 0) is 4.74 Å². The van der Waals surface area contributed by atoms with Gasteiger partial charge in [0.25, 0.3) is 0 Å². The molecule has 0 aromatic rings. The normalized spacial score (nSPS) is 11.6. The zero-order valence-corrected chi connectivity index (χ0v) is 10.5. The van der Waals surface area contributed by atoms with Gasteiger partial charge < -0.3 is 9.84 Å². The van der Waals surface area contributed by atoms with Gasteiger partial charge in [-0.1, -0.05) is 27.2 Å². The summed E-state index contributed by atoms with van der Waals surface area (Å²) in [6.07, 6.45) is 2.40. The van der Waals surface area contributed by atoms with Gasteiger partial charge in [0.05, 0.1) is 13.2 Å². The van der Waals surface area contributed by atoms with Crippen LogP contribution >= 0.6 is 0 Å². The zero-order valence-electron chi connectivity index (χ0n) is 10.5. The summed E-state index contributed by atoms with van der Waals surface area (Å²) < 4.78 is 5.53. The summed E-state index contributed by atoms with van der Waals surface area (Å²) >= 11 is 0. The fourth-order valence-corrected chi connectivity index (χ4v) is 1.37. The lowest BCUT2D eigenvalue weighted by atomic mass is 10.2. The first-order valence-electron chi connectivity index (χ1n) is 6.11. The molecule has 0 bridgehead atoms. The van der Waals surface area contributed by atoms with Gasteiger partial charge in [-0.25, -0.2) is 0 Å². The molecule has 0 spiro atoms. The first-order chi connectivity index (χ1) is 7.20. The standard InChI is InChI=1S/C12H27NO2/c1-4-5-6-13(7-9-14)8-10-15-11-12(2)3/h12,14H,4-11H2,1-3H3. The van der Waals surface area contributed by atoms with Crippen molar-refractivity contribution in [2.24, 2.45) is 5.92 Å². The largest absolute Gasteiger partial charge is 0.395 e. The van der Waals surface area contributed by atoms with Crippen LogP contribution in [0.15, 0.2) is 0 Å². The Balaban J connectivity index is 3.47. The summed E-state index contributed by atoms with van der Waals surface area (Å²) in [7, 11) is 0. The third-order valence-corrected chi connectivity index (χ3v) is 2.25. The molecule has 0 heterocycles. The maximum absolute atomic E-state index is 8.90. The Morgan fingerprint density at radius 3 is 2.47 bits per heavy atom. The number of rotatable bonds is 10. The smallest absolute Gasteiger partial charge is 0.0593 e. The molecule has 0 rings (SSSR count). The average Bonchev–Trinajstić information content (AvgIpc) is 2.20. The fraction of sp³-hybridized carbons (Fsp3) is 1.00. The van der Waals surface area contributed by atoms with Gasteiger partial charge in [0, 0.05) is 19.7 Å². The monoisotopic (exact) mass is 217 g/mol. The van der Waals surface area contributed by atoms with Crippen molar-refractivity contribution in [2.45, 2.75) is 33.6 Å². The fourth-order valence-electron chi connectivity index (χ4n) is 1.37. The third kappa shape index (κ3) is 10.2. The van der Waals surface area contributed by atoms with E-state index >= 15 is 0 Å². The minimum Gasteiger partial charge on any atom is -0.395 e. The van der Waals surface area contributed by atoms with Gasteiger partial charge in [-0.2, -0.15) is 0 Å². The Bertz CT molecular complexity index is 129. The van der Waals surface area contributed by atoms with E-state index in [4.69, 9.17) is 9.84 Å². The molecule has 0 atom stereocenters. The number of aliphatic hydroxyl groups is 1. The van der Waals surface area contributed by atoms with Crippen LogP contribution in [0.25, 0.3) is 0 Å². The van der Waals surface area contributed by atoms with Crippen LogP contribution in [0.4, 0.5) is 0 Å². The minimum absolute atomic E-state index is 0.244. The van der Waals surface area contributed by atoms with Gasteiger partial charge in [-0.3, -0.25) is 4.90 Å². The molecule has 0 aromatic carbocycles.